The quantitative estimate of drug-likeness (QED) is 0.740. The van der Waals surface area contributed by atoms with Crippen molar-refractivity contribution < 1.29 is 29.3 Å². The first-order valence-electron chi connectivity index (χ1n) is 9.62. The summed E-state index contributed by atoms with van der Waals surface area (Å²) in [5.41, 5.74) is 1.30. The molecule has 1 saturated carbocycles. The topological polar surface area (TPSA) is 101 Å². The third-order valence-corrected chi connectivity index (χ3v) is 7.12. The summed E-state index contributed by atoms with van der Waals surface area (Å²) in [7, 11) is 3.67. The summed E-state index contributed by atoms with van der Waals surface area (Å²) in [6.07, 6.45) is 2.04. The monoisotopic (exact) mass is 388 g/mol. The van der Waals surface area contributed by atoms with Crippen molar-refractivity contribution in [3.8, 4) is 11.5 Å². The molecule has 2 aliphatic carbocycles. The third-order valence-electron chi connectivity index (χ3n) is 7.12. The third kappa shape index (κ3) is 2.02. The van der Waals surface area contributed by atoms with E-state index in [9.17, 15) is 9.90 Å². The number of carboxylic acids is 1. The van der Waals surface area contributed by atoms with Crippen molar-refractivity contribution in [1.82, 2.24) is 4.90 Å². The van der Waals surface area contributed by atoms with E-state index in [0.29, 0.717) is 30.1 Å². The highest BCUT2D eigenvalue weighted by atomic mass is 16.6. The number of methoxy groups -OCH3 is 1. The normalized spacial score (nSPS) is 36.6. The van der Waals surface area contributed by atoms with Gasteiger partial charge in [0.25, 0.3) is 0 Å². The van der Waals surface area contributed by atoms with Crippen molar-refractivity contribution >= 4 is 11.7 Å². The first-order valence-corrected chi connectivity index (χ1v) is 9.62. The summed E-state index contributed by atoms with van der Waals surface area (Å²) < 4.78 is 12.0. The molecule has 4 aliphatic rings. The number of likely N-dealkylation sites (N-methyl/N-ethyl adjacent to an activating group) is 1. The molecule has 0 amide bonds. The molecule has 1 spiro atoms. The van der Waals surface area contributed by atoms with Gasteiger partial charge in [-0.3, -0.25) is 0 Å². The summed E-state index contributed by atoms with van der Waals surface area (Å²) in [6.45, 7) is 0.340. The van der Waals surface area contributed by atoms with Crippen molar-refractivity contribution in [3.63, 3.8) is 0 Å². The van der Waals surface area contributed by atoms with Gasteiger partial charge in [0, 0.05) is 11.6 Å². The van der Waals surface area contributed by atoms with Crippen molar-refractivity contribution in [3.05, 3.63) is 23.3 Å². The van der Waals surface area contributed by atoms with E-state index >= 15 is 0 Å². The SMILES string of the molecule is COc1ccc2c3c1O[C@H]1/C(=N\OCC(=O)O)CC[C@@]4(O)[C@@H](C2)N(C)CC[C@]314. The van der Waals surface area contributed by atoms with Crippen LogP contribution >= 0.6 is 0 Å². The Balaban J connectivity index is 1.69. The molecule has 1 aromatic carbocycles. The number of aliphatic hydroxyl groups is 1. The molecule has 5 rings (SSSR count). The summed E-state index contributed by atoms with van der Waals surface area (Å²) >= 11 is 0. The fraction of sp³-hybridized carbons (Fsp3) is 0.600. The van der Waals surface area contributed by atoms with E-state index < -0.39 is 29.7 Å². The number of carbonyl (C=O) groups is 1. The lowest BCUT2D eigenvalue weighted by Gasteiger charge is -2.62. The highest BCUT2D eigenvalue weighted by Gasteiger charge is 2.72. The number of nitrogens with zero attached hydrogens (tertiary/aromatic N) is 2. The van der Waals surface area contributed by atoms with Crippen LogP contribution in [0.25, 0.3) is 0 Å². The van der Waals surface area contributed by atoms with Gasteiger partial charge in [-0.2, -0.15) is 0 Å². The molecule has 2 aliphatic heterocycles. The van der Waals surface area contributed by atoms with Gasteiger partial charge in [-0.1, -0.05) is 11.2 Å². The number of oxime groups is 1. The van der Waals surface area contributed by atoms with Crippen molar-refractivity contribution in [2.24, 2.45) is 5.16 Å². The second kappa shape index (κ2) is 5.84. The van der Waals surface area contributed by atoms with Gasteiger partial charge in [-0.15, -0.1) is 0 Å². The predicted molar refractivity (Wildman–Crippen MR) is 99.0 cm³/mol. The van der Waals surface area contributed by atoms with Crippen LogP contribution in [0.2, 0.25) is 0 Å². The van der Waals surface area contributed by atoms with E-state index in [1.807, 2.05) is 6.07 Å². The standard InChI is InChI=1S/C20H24N2O6/c1-22-8-7-19-16-11-3-4-13(26-2)17(16)28-18(19)12(21-27-10-15(23)24)5-6-20(19,25)14(22)9-11/h3-4,14,18,25H,5-10H2,1-2H3,(H,23,24)/b21-12-/t14-,18+,19+,20-/m1/s1. The van der Waals surface area contributed by atoms with Crippen molar-refractivity contribution in [2.75, 3.05) is 27.3 Å². The zero-order chi connectivity index (χ0) is 19.7. The molecule has 0 radical (unpaired) electrons. The number of rotatable bonds is 4. The first kappa shape index (κ1) is 17.8. The van der Waals surface area contributed by atoms with Gasteiger partial charge >= 0.3 is 5.97 Å². The van der Waals surface area contributed by atoms with Crippen LogP contribution in [0.4, 0.5) is 0 Å². The number of likely N-dealkylation sites (tertiary alicyclic amines) is 1. The van der Waals surface area contributed by atoms with E-state index in [0.717, 1.165) is 24.9 Å². The van der Waals surface area contributed by atoms with Crippen LogP contribution in [0, 0.1) is 0 Å². The molecule has 8 heteroatoms. The van der Waals surface area contributed by atoms with Crippen LogP contribution in [0.3, 0.4) is 0 Å². The Kier molecular flexibility index (Phi) is 3.70. The van der Waals surface area contributed by atoms with E-state index in [2.05, 4.69) is 23.2 Å². The number of carboxylic acid groups (broad SMARTS) is 1. The van der Waals surface area contributed by atoms with Crippen LogP contribution in [0.5, 0.6) is 11.5 Å². The number of piperidine rings is 1. The summed E-state index contributed by atoms with van der Waals surface area (Å²) in [6, 6.07) is 3.99. The number of aliphatic carboxylic acids is 1. The second-order valence-electron chi connectivity index (χ2n) is 8.22. The van der Waals surface area contributed by atoms with E-state index in [4.69, 9.17) is 19.4 Å². The van der Waals surface area contributed by atoms with Crippen molar-refractivity contribution in [2.45, 2.75) is 48.8 Å². The predicted octanol–water partition coefficient (Wildman–Crippen LogP) is 0.936. The molecule has 28 heavy (non-hydrogen) atoms. The zero-order valence-corrected chi connectivity index (χ0v) is 16.0. The Labute approximate surface area is 162 Å². The summed E-state index contributed by atoms with van der Waals surface area (Å²) in [5, 5.41) is 25.0. The lowest BCUT2D eigenvalue weighted by atomic mass is 9.49. The van der Waals surface area contributed by atoms with Crippen LogP contribution in [-0.4, -0.2) is 71.8 Å². The molecule has 2 bridgehead atoms. The lowest BCUT2D eigenvalue weighted by molar-refractivity contribution is -0.161. The molecular formula is C20H24N2O6. The van der Waals surface area contributed by atoms with Gasteiger partial charge < -0.3 is 29.4 Å². The van der Waals surface area contributed by atoms with Gasteiger partial charge in [0.15, 0.2) is 17.6 Å². The average molecular weight is 388 g/mol. The van der Waals surface area contributed by atoms with Gasteiger partial charge in [-0.05, 0) is 50.9 Å². The van der Waals surface area contributed by atoms with Crippen LogP contribution < -0.4 is 9.47 Å². The highest BCUT2D eigenvalue weighted by molar-refractivity contribution is 5.94. The van der Waals surface area contributed by atoms with Gasteiger partial charge in [0.2, 0.25) is 6.61 Å². The fourth-order valence-corrected chi connectivity index (χ4v) is 5.97. The molecule has 150 valence electrons. The molecule has 8 nitrogen and oxygen atoms in total. The molecule has 0 unspecified atom stereocenters. The molecule has 0 aromatic heterocycles. The van der Waals surface area contributed by atoms with Crippen molar-refractivity contribution in [1.29, 1.82) is 0 Å². The molecule has 1 aromatic rings. The number of ether oxygens (including phenoxy) is 2. The number of hydrogen-bond acceptors (Lipinski definition) is 7. The second-order valence-corrected chi connectivity index (χ2v) is 8.22. The number of hydrogen-bond donors (Lipinski definition) is 2. The van der Waals surface area contributed by atoms with Crippen LogP contribution in [0.1, 0.15) is 30.4 Å². The molecular weight excluding hydrogens is 364 g/mol. The molecule has 2 heterocycles. The largest absolute Gasteiger partial charge is 0.493 e. The minimum atomic E-state index is -1.08. The van der Waals surface area contributed by atoms with Gasteiger partial charge in [-0.25, -0.2) is 4.79 Å². The molecule has 2 fully saturated rings. The maximum atomic E-state index is 12.0. The van der Waals surface area contributed by atoms with E-state index in [-0.39, 0.29) is 6.04 Å². The van der Waals surface area contributed by atoms with Gasteiger partial charge in [0.1, 0.15) is 0 Å². The lowest BCUT2D eigenvalue weighted by Crippen LogP contribution is -2.76. The summed E-state index contributed by atoms with van der Waals surface area (Å²) in [5.74, 6) is 0.249. The molecule has 1 saturated heterocycles. The van der Waals surface area contributed by atoms with Gasteiger partial charge in [0.05, 0.1) is 23.8 Å². The first-order chi connectivity index (χ1) is 13.4. The Morgan fingerprint density at radius 2 is 2.25 bits per heavy atom. The highest BCUT2D eigenvalue weighted by Crippen LogP contribution is 2.64. The fourth-order valence-electron chi connectivity index (χ4n) is 5.97. The zero-order valence-electron chi connectivity index (χ0n) is 16.0. The Hall–Kier alpha value is -2.32. The maximum Gasteiger partial charge on any atom is 0.344 e. The van der Waals surface area contributed by atoms with Crippen LogP contribution in [0.15, 0.2) is 17.3 Å². The summed E-state index contributed by atoms with van der Waals surface area (Å²) in [4.78, 5) is 18.1. The average Bonchev–Trinajstić information content (AvgIpc) is 3.01. The number of benzene rings is 1. The Bertz CT molecular complexity index is 886. The molecule has 2 N–H and O–H groups in total. The maximum absolute atomic E-state index is 12.0. The van der Waals surface area contributed by atoms with E-state index in [1.165, 1.54) is 5.56 Å². The van der Waals surface area contributed by atoms with Crippen LogP contribution in [-0.2, 0) is 21.5 Å². The Morgan fingerprint density at radius 1 is 1.43 bits per heavy atom. The molecule has 4 atom stereocenters. The smallest absolute Gasteiger partial charge is 0.344 e. The Morgan fingerprint density at radius 3 is 3.00 bits per heavy atom. The minimum absolute atomic E-state index is 0.000632. The minimum Gasteiger partial charge on any atom is -0.493 e. The van der Waals surface area contributed by atoms with E-state index in [1.54, 1.807) is 7.11 Å².